The molecule has 0 aromatic carbocycles. The van der Waals surface area contributed by atoms with Gasteiger partial charge < -0.3 is 4.90 Å². The Hall–Kier alpha value is -0.710. The summed E-state index contributed by atoms with van der Waals surface area (Å²) in [6.07, 6.45) is 8.63. The molecule has 1 heterocycles. The second-order valence-corrected chi connectivity index (χ2v) is 3.67. The molecule has 1 unspecified atom stereocenters. The molecular weight excluding hydrogens is 148 g/mol. The van der Waals surface area contributed by atoms with E-state index in [1.165, 1.54) is 32.1 Å². The smallest absolute Gasteiger partial charge is 0.179 e. The standard InChI is InChI=1S/C10H18N2/c1-2-4-10-5-3-7-12(9-11)8-6-10/h10H,2-8H2,1H3. The molecule has 0 aliphatic carbocycles. The molecule has 1 aliphatic rings. The first-order chi connectivity index (χ1) is 5.86. The molecule has 0 radical (unpaired) electrons. The quantitative estimate of drug-likeness (QED) is 0.589. The van der Waals surface area contributed by atoms with E-state index in [-0.39, 0.29) is 0 Å². The molecule has 0 N–H and O–H groups in total. The van der Waals surface area contributed by atoms with Crippen LogP contribution in [0.4, 0.5) is 0 Å². The lowest BCUT2D eigenvalue weighted by atomic mass is 9.96. The third kappa shape index (κ3) is 2.73. The largest absolute Gasteiger partial charge is 0.311 e. The van der Waals surface area contributed by atoms with Crippen molar-refractivity contribution in [1.82, 2.24) is 4.90 Å². The summed E-state index contributed by atoms with van der Waals surface area (Å²) in [4.78, 5) is 1.90. The zero-order valence-electron chi connectivity index (χ0n) is 7.92. The summed E-state index contributed by atoms with van der Waals surface area (Å²) in [6, 6.07) is 0. The Balaban J connectivity index is 2.30. The molecular formula is C10H18N2. The molecule has 68 valence electrons. The predicted molar refractivity (Wildman–Crippen MR) is 49.4 cm³/mol. The van der Waals surface area contributed by atoms with Crippen LogP contribution >= 0.6 is 0 Å². The van der Waals surface area contributed by atoms with Crippen LogP contribution in [0, 0.1) is 17.4 Å². The lowest BCUT2D eigenvalue weighted by Gasteiger charge is -2.12. The lowest BCUT2D eigenvalue weighted by Crippen LogP contribution is -2.18. The van der Waals surface area contributed by atoms with Crippen LogP contribution in [0.3, 0.4) is 0 Å². The average Bonchev–Trinajstić information content (AvgIpc) is 2.31. The van der Waals surface area contributed by atoms with Crippen molar-refractivity contribution in [3.8, 4) is 6.19 Å². The van der Waals surface area contributed by atoms with Crippen molar-refractivity contribution in [2.75, 3.05) is 13.1 Å². The molecule has 2 nitrogen and oxygen atoms in total. The molecule has 2 heteroatoms. The predicted octanol–water partition coefficient (Wildman–Crippen LogP) is 2.37. The number of nitriles is 1. The minimum Gasteiger partial charge on any atom is -0.311 e. The van der Waals surface area contributed by atoms with Crippen molar-refractivity contribution in [3.63, 3.8) is 0 Å². The van der Waals surface area contributed by atoms with Crippen molar-refractivity contribution >= 4 is 0 Å². The lowest BCUT2D eigenvalue weighted by molar-refractivity contribution is 0.386. The maximum Gasteiger partial charge on any atom is 0.179 e. The Morgan fingerprint density at radius 3 is 2.92 bits per heavy atom. The van der Waals surface area contributed by atoms with Crippen LogP contribution in [-0.4, -0.2) is 18.0 Å². The van der Waals surface area contributed by atoms with Gasteiger partial charge in [0.1, 0.15) is 0 Å². The van der Waals surface area contributed by atoms with Crippen molar-refractivity contribution < 1.29 is 0 Å². The number of nitrogens with zero attached hydrogens (tertiary/aromatic N) is 2. The first kappa shape index (κ1) is 9.38. The van der Waals surface area contributed by atoms with Gasteiger partial charge in [-0.2, -0.15) is 5.26 Å². The van der Waals surface area contributed by atoms with Gasteiger partial charge in [0.15, 0.2) is 6.19 Å². The highest BCUT2D eigenvalue weighted by molar-refractivity contribution is 4.78. The van der Waals surface area contributed by atoms with E-state index in [1.807, 2.05) is 4.90 Å². The molecule has 0 saturated carbocycles. The van der Waals surface area contributed by atoms with E-state index in [9.17, 15) is 0 Å². The van der Waals surface area contributed by atoms with Gasteiger partial charge in [0.05, 0.1) is 0 Å². The minimum absolute atomic E-state index is 0.883. The van der Waals surface area contributed by atoms with Crippen LogP contribution in [0.25, 0.3) is 0 Å². The topological polar surface area (TPSA) is 27.0 Å². The van der Waals surface area contributed by atoms with E-state index in [0.717, 1.165) is 19.0 Å². The third-order valence-electron chi connectivity index (χ3n) is 2.69. The highest BCUT2D eigenvalue weighted by Gasteiger charge is 2.14. The SMILES string of the molecule is CCCC1CCCN(C#N)CC1. The second-order valence-electron chi connectivity index (χ2n) is 3.67. The van der Waals surface area contributed by atoms with E-state index < -0.39 is 0 Å². The number of likely N-dealkylation sites (tertiary alicyclic amines) is 1. The van der Waals surface area contributed by atoms with Crippen LogP contribution in [0.15, 0.2) is 0 Å². The van der Waals surface area contributed by atoms with Gasteiger partial charge in [-0.15, -0.1) is 0 Å². The molecule has 1 saturated heterocycles. The van der Waals surface area contributed by atoms with Crippen molar-refractivity contribution in [1.29, 1.82) is 5.26 Å². The maximum atomic E-state index is 8.71. The summed E-state index contributed by atoms with van der Waals surface area (Å²) < 4.78 is 0. The molecule has 12 heavy (non-hydrogen) atoms. The molecule has 0 aromatic rings. The highest BCUT2D eigenvalue weighted by Crippen LogP contribution is 2.21. The maximum absolute atomic E-state index is 8.71. The molecule has 0 amide bonds. The second kappa shape index (κ2) is 5.03. The van der Waals surface area contributed by atoms with Gasteiger partial charge in [-0.25, -0.2) is 0 Å². The van der Waals surface area contributed by atoms with E-state index in [2.05, 4.69) is 13.1 Å². The third-order valence-corrected chi connectivity index (χ3v) is 2.69. The molecule has 1 aliphatic heterocycles. The van der Waals surface area contributed by atoms with Crippen molar-refractivity contribution in [3.05, 3.63) is 0 Å². The Morgan fingerprint density at radius 1 is 1.42 bits per heavy atom. The number of hydrogen-bond acceptors (Lipinski definition) is 2. The van der Waals surface area contributed by atoms with Gasteiger partial charge in [0, 0.05) is 13.1 Å². The minimum atomic E-state index is 0.883. The fraction of sp³-hybridized carbons (Fsp3) is 0.900. The highest BCUT2D eigenvalue weighted by atomic mass is 15.1. The molecule has 1 fully saturated rings. The Morgan fingerprint density at radius 2 is 2.25 bits per heavy atom. The first-order valence-electron chi connectivity index (χ1n) is 5.01. The normalized spacial score (nSPS) is 24.7. The summed E-state index contributed by atoms with van der Waals surface area (Å²) in [7, 11) is 0. The van der Waals surface area contributed by atoms with Crippen LogP contribution in [0.5, 0.6) is 0 Å². The molecule has 0 bridgehead atoms. The van der Waals surface area contributed by atoms with E-state index in [4.69, 9.17) is 5.26 Å². The Bertz CT molecular complexity index is 160. The molecule has 0 spiro atoms. The zero-order chi connectivity index (χ0) is 8.81. The number of hydrogen-bond donors (Lipinski definition) is 0. The van der Waals surface area contributed by atoms with E-state index in [0.29, 0.717) is 0 Å². The summed E-state index contributed by atoms with van der Waals surface area (Å²) in [5.74, 6) is 0.883. The Kier molecular flexibility index (Phi) is 3.93. The summed E-state index contributed by atoms with van der Waals surface area (Å²) >= 11 is 0. The van der Waals surface area contributed by atoms with Gasteiger partial charge in [0.2, 0.25) is 0 Å². The van der Waals surface area contributed by atoms with Crippen molar-refractivity contribution in [2.45, 2.75) is 39.0 Å². The fourth-order valence-corrected chi connectivity index (χ4v) is 1.96. The van der Waals surface area contributed by atoms with Gasteiger partial charge in [-0.3, -0.25) is 0 Å². The van der Waals surface area contributed by atoms with Crippen LogP contribution in [0.2, 0.25) is 0 Å². The Labute approximate surface area is 75.2 Å². The number of rotatable bonds is 2. The monoisotopic (exact) mass is 166 g/mol. The van der Waals surface area contributed by atoms with Crippen LogP contribution < -0.4 is 0 Å². The van der Waals surface area contributed by atoms with E-state index in [1.54, 1.807) is 0 Å². The van der Waals surface area contributed by atoms with Gasteiger partial charge in [-0.05, 0) is 25.2 Å². The molecule has 0 aromatic heterocycles. The fourth-order valence-electron chi connectivity index (χ4n) is 1.96. The van der Waals surface area contributed by atoms with Crippen LogP contribution in [-0.2, 0) is 0 Å². The summed E-state index contributed by atoms with van der Waals surface area (Å²) in [5.41, 5.74) is 0. The first-order valence-corrected chi connectivity index (χ1v) is 5.01. The van der Waals surface area contributed by atoms with Crippen LogP contribution in [0.1, 0.15) is 39.0 Å². The van der Waals surface area contributed by atoms with Gasteiger partial charge >= 0.3 is 0 Å². The van der Waals surface area contributed by atoms with Gasteiger partial charge in [0.25, 0.3) is 0 Å². The van der Waals surface area contributed by atoms with Crippen molar-refractivity contribution in [2.24, 2.45) is 5.92 Å². The molecule has 1 atom stereocenters. The molecule has 1 rings (SSSR count). The van der Waals surface area contributed by atoms with Gasteiger partial charge in [-0.1, -0.05) is 19.8 Å². The zero-order valence-corrected chi connectivity index (χ0v) is 7.92. The average molecular weight is 166 g/mol. The summed E-state index contributed by atoms with van der Waals surface area (Å²) in [5, 5.41) is 8.71. The van der Waals surface area contributed by atoms with E-state index >= 15 is 0 Å². The summed E-state index contributed by atoms with van der Waals surface area (Å²) in [6.45, 7) is 4.21.